The van der Waals surface area contributed by atoms with Crippen LogP contribution in [0.15, 0.2) is 0 Å². The third-order valence-corrected chi connectivity index (χ3v) is 1.31. The first-order valence-electron chi connectivity index (χ1n) is 4.19. The Bertz CT molecular complexity index is 122. The minimum absolute atomic E-state index is 0.395. The summed E-state index contributed by atoms with van der Waals surface area (Å²) in [6.07, 6.45) is 1.89. The van der Waals surface area contributed by atoms with E-state index in [1.807, 2.05) is 0 Å². The van der Waals surface area contributed by atoms with E-state index in [0.717, 1.165) is 19.3 Å². The summed E-state index contributed by atoms with van der Waals surface area (Å²) in [5.74, 6) is -0.744. The number of aliphatic hydroxyl groups excluding tert-OH is 1. The van der Waals surface area contributed by atoms with Crippen molar-refractivity contribution in [3.05, 3.63) is 0 Å². The lowest BCUT2D eigenvalue weighted by atomic mass is 10.3. The van der Waals surface area contributed by atoms with Crippen molar-refractivity contribution >= 4 is 5.97 Å². The third-order valence-electron chi connectivity index (χ3n) is 1.31. The van der Waals surface area contributed by atoms with E-state index < -0.39 is 12.1 Å². The fourth-order valence-electron chi connectivity index (χ4n) is 0.580. The number of unbranched alkanes of at least 4 members (excludes halogenated alkanes) is 2. The van der Waals surface area contributed by atoms with Crippen LogP contribution in [0.4, 0.5) is 0 Å². The Balaban J connectivity index is 3.14. The maximum absolute atomic E-state index is 10.6. The first kappa shape index (κ1) is 11.4. The van der Waals surface area contributed by atoms with Crippen molar-refractivity contribution in [2.24, 2.45) is 0 Å². The van der Waals surface area contributed by atoms with E-state index in [1.54, 1.807) is 0 Å². The molecule has 1 atom stereocenters. The minimum Gasteiger partial charge on any atom is -0.382 e. The second-order valence-corrected chi connectivity index (χ2v) is 2.61. The van der Waals surface area contributed by atoms with Crippen molar-refractivity contribution in [3.63, 3.8) is 0 Å². The Morgan fingerprint density at radius 1 is 1.50 bits per heavy atom. The van der Waals surface area contributed by atoms with Crippen LogP contribution in [0.5, 0.6) is 0 Å². The summed E-state index contributed by atoms with van der Waals surface area (Å²) in [7, 11) is 0. The van der Waals surface area contributed by atoms with E-state index in [2.05, 4.69) is 16.7 Å². The average molecular weight is 176 g/mol. The molecular formula is C8H16O4. The van der Waals surface area contributed by atoms with Gasteiger partial charge in [0.15, 0.2) is 6.10 Å². The molecule has 0 saturated heterocycles. The molecule has 0 aromatic carbocycles. The Morgan fingerprint density at radius 3 is 2.67 bits per heavy atom. The maximum Gasteiger partial charge on any atom is 0.370 e. The van der Waals surface area contributed by atoms with E-state index in [1.165, 1.54) is 6.92 Å². The Morgan fingerprint density at radius 2 is 2.17 bits per heavy atom. The van der Waals surface area contributed by atoms with Gasteiger partial charge in [0.05, 0.1) is 6.61 Å². The SMILES string of the molecule is CCCCCOOC(=O)C(C)O. The first-order valence-corrected chi connectivity index (χ1v) is 4.19. The van der Waals surface area contributed by atoms with Crippen molar-refractivity contribution in [1.82, 2.24) is 0 Å². The van der Waals surface area contributed by atoms with Gasteiger partial charge >= 0.3 is 5.97 Å². The first-order chi connectivity index (χ1) is 5.68. The molecule has 4 heteroatoms. The Hall–Kier alpha value is -0.610. The summed E-state index contributed by atoms with van der Waals surface area (Å²) in [6.45, 7) is 3.80. The molecule has 0 aromatic heterocycles. The van der Waals surface area contributed by atoms with Gasteiger partial charge in [-0.1, -0.05) is 19.8 Å². The van der Waals surface area contributed by atoms with Crippen LogP contribution in [0.3, 0.4) is 0 Å². The zero-order chi connectivity index (χ0) is 9.40. The van der Waals surface area contributed by atoms with Crippen LogP contribution in [0.25, 0.3) is 0 Å². The van der Waals surface area contributed by atoms with E-state index in [0.29, 0.717) is 6.61 Å². The number of aliphatic hydroxyl groups is 1. The lowest BCUT2D eigenvalue weighted by Crippen LogP contribution is -2.19. The molecule has 0 aliphatic rings. The minimum atomic E-state index is -1.11. The molecule has 0 aliphatic heterocycles. The van der Waals surface area contributed by atoms with Gasteiger partial charge in [0, 0.05) is 0 Å². The number of carbonyl (C=O) groups is 1. The summed E-state index contributed by atoms with van der Waals surface area (Å²) >= 11 is 0. The van der Waals surface area contributed by atoms with Gasteiger partial charge in [-0.05, 0) is 13.3 Å². The molecule has 0 radical (unpaired) electrons. The van der Waals surface area contributed by atoms with Crippen LogP contribution >= 0.6 is 0 Å². The number of carbonyl (C=O) groups excluding carboxylic acids is 1. The molecule has 0 amide bonds. The predicted octanol–water partition coefficient (Wildman–Crippen LogP) is 1.03. The van der Waals surface area contributed by atoms with Crippen molar-refractivity contribution in [2.45, 2.75) is 39.2 Å². The molecule has 0 rings (SSSR count). The second-order valence-electron chi connectivity index (χ2n) is 2.61. The highest BCUT2D eigenvalue weighted by Gasteiger charge is 2.10. The summed E-state index contributed by atoms with van der Waals surface area (Å²) in [5, 5.41) is 8.67. The standard InChI is InChI=1S/C8H16O4/c1-3-4-5-6-11-12-8(10)7(2)9/h7,9H,3-6H2,1-2H3. The normalized spacial score (nSPS) is 12.6. The van der Waals surface area contributed by atoms with Gasteiger partial charge in [0.25, 0.3) is 0 Å². The highest BCUT2D eigenvalue weighted by Crippen LogP contribution is 1.95. The molecule has 0 bridgehead atoms. The number of rotatable bonds is 6. The molecule has 4 nitrogen and oxygen atoms in total. The average Bonchev–Trinajstić information content (AvgIpc) is 2.03. The van der Waals surface area contributed by atoms with Gasteiger partial charge in [-0.3, -0.25) is 4.89 Å². The molecule has 1 unspecified atom stereocenters. The lowest BCUT2D eigenvalue weighted by Gasteiger charge is -2.04. The molecule has 0 aromatic rings. The summed E-state index contributed by atoms with van der Waals surface area (Å²) < 4.78 is 0. The second kappa shape index (κ2) is 7.06. The monoisotopic (exact) mass is 176 g/mol. The fraction of sp³-hybridized carbons (Fsp3) is 0.875. The molecule has 1 N–H and O–H groups in total. The zero-order valence-electron chi connectivity index (χ0n) is 7.58. The van der Waals surface area contributed by atoms with Crippen LogP contribution in [0.1, 0.15) is 33.1 Å². The molecule has 12 heavy (non-hydrogen) atoms. The Kier molecular flexibility index (Phi) is 6.70. The molecular weight excluding hydrogens is 160 g/mol. The summed E-state index contributed by atoms with van der Waals surface area (Å²) in [5.41, 5.74) is 0. The molecule has 0 spiro atoms. The maximum atomic E-state index is 10.6. The van der Waals surface area contributed by atoms with Crippen LogP contribution in [-0.4, -0.2) is 23.8 Å². The van der Waals surface area contributed by atoms with Gasteiger partial charge in [-0.2, -0.15) is 4.89 Å². The van der Waals surface area contributed by atoms with Crippen LogP contribution in [0.2, 0.25) is 0 Å². The topological polar surface area (TPSA) is 55.8 Å². The van der Waals surface area contributed by atoms with Crippen molar-refractivity contribution < 1.29 is 19.7 Å². The van der Waals surface area contributed by atoms with Gasteiger partial charge in [-0.15, -0.1) is 0 Å². The van der Waals surface area contributed by atoms with E-state index >= 15 is 0 Å². The molecule has 72 valence electrons. The van der Waals surface area contributed by atoms with Crippen LogP contribution in [0, 0.1) is 0 Å². The zero-order valence-corrected chi connectivity index (χ0v) is 7.58. The van der Waals surface area contributed by atoms with Gasteiger partial charge in [0.2, 0.25) is 0 Å². The van der Waals surface area contributed by atoms with Crippen LogP contribution < -0.4 is 0 Å². The molecule has 0 fully saturated rings. The smallest absolute Gasteiger partial charge is 0.370 e. The quantitative estimate of drug-likeness (QED) is 0.373. The van der Waals surface area contributed by atoms with Crippen LogP contribution in [-0.2, 0) is 14.6 Å². The molecule has 0 saturated carbocycles. The fourth-order valence-corrected chi connectivity index (χ4v) is 0.580. The van der Waals surface area contributed by atoms with E-state index in [4.69, 9.17) is 5.11 Å². The van der Waals surface area contributed by atoms with Gasteiger partial charge in [0.1, 0.15) is 0 Å². The third kappa shape index (κ3) is 6.12. The largest absolute Gasteiger partial charge is 0.382 e. The Labute approximate surface area is 72.4 Å². The van der Waals surface area contributed by atoms with Gasteiger partial charge < -0.3 is 5.11 Å². The van der Waals surface area contributed by atoms with Crippen molar-refractivity contribution in [1.29, 1.82) is 0 Å². The molecule has 0 heterocycles. The summed E-state index contributed by atoms with van der Waals surface area (Å²) in [6, 6.07) is 0. The lowest BCUT2D eigenvalue weighted by molar-refractivity contribution is -0.278. The van der Waals surface area contributed by atoms with Crippen molar-refractivity contribution in [2.75, 3.05) is 6.61 Å². The highest BCUT2D eigenvalue weighted by atomic mass is 17.2. The summed E-state index contributed by atoms with van der Waals surface area (Å²) in [4.78, 5) is 19.4. The molecule has 0 aliphatic carbocycles. The van der Waals surface area contributed by atoms with E-state index in [9.17, 15) is 4.79 Å². The van der Waals surface area contributed by atoms with Gasteiger partial charge in [-0.25, -0.2) is 4.79 Å². The number of hydrogen-bond acceptors (Lipinski definition) is 4. The highest BCUT2D eigenvalue weighted by molar-refractivity contribution is 5.73. The van der Waals surface area contributed by atoms with Crippen molar-refractivity contribution in [3.8, 4) is 0 Å². The van der Waals surface area contributed by atoms with E-state index in [-0.39, 0.29) is 0 Å². The predicted molar refractivity (Wildman–Crippen MR) is 43.2 cm³/mol. The number of hydrogen-bond donors (Lipinski definition) is 1.